The number of aliphatic hydroxyl groups excluding tert-OH is 1. The molecule has 0 bridgehead atoms. The van der Waals surface area contributed by atoms with Gasteiger partial charge in [-0.2, -0.15) is 0 Å². The fourth-order valence-corrected chi connectivity index (χ4v) is 2.99. The smallest absolute Gasteiger partial charge is 0.0809 e. The van der Waals surface area contributed by atoms with E-state index in [1.807, 2.05) is 19.2 Å². The fourth-order valence-electron chi connectivity index (χ4n) is 2.20. The predicted molar refractivity (Wildman–Crippen MR) is 76.9 cm³/mol. The first-order valence-corrected chi connectivity index (χ1v) is 7.21. The van der Waals surface area contributed by atoms with Crippen LogP contribution in [0, 0.1) is 0 Å². The van der Waals surface area contributed by atoms with Crippen LogP contribution in [0.2, 0.25) is 0 Å². The third-order valence-corrected chi connectivity index (χ3v) is 3.91. The van der Waals surface area contributed by atoms with Crippen LogP contribution < -0.4 is 5.32 Å². The number of aromatic nitrogens is 1. The van der Waals surface area contributed by atoms with Gasteiger partial charge in [0.2, 0.25) is 0 Å². The van der Waals surface area contributed by atoms with Gasteiger partial charge in [0.1, 0.15) is 0 Å². The van der Waals surface area contributed by atoms with Crippen molar-refractivity contribution in [3.63, 3.8) is 0 Å². The van der Waals surface area contributed by atoms with Gasteiger partial charge in [0, 0.05) is 18.3 Å². The van der Waals surface area contributed by atoms with Crippen molar-refractivity contribution >= 4 is 21.6 Å². The molecule has 98 valence electrons. The van der Waals surface area contributed by atoms with E-state index in [9.17, 15) is 5.11 Å². The van der Waals surface area contributed by atoms with Gasteiger partial charge in [0.25, 0.3) is 0 Å². The van der Waals surface area contributed by atoms with Gasteiger partial charge in [-0.25, -0.2) is 0 Å². The molecule has 0 fully saturated rings. The first-order chi connectivity index (χ1) is 8.56. The topological polar surface area (TPSA) is 45.1 Å². The number of pyridine rings is 1. The number of hydrogen-bond acceptors (Lipinski definition) is 4. The number of nitrogens with one attached hydrogen (secondary N) is 1. The second-order valence-electron chi connectivity index (χ2n) is 4.95. The Labute approximate surface area is 112 Å². The highest BCUT2D eigenvalue weighted by molar-refractivity contribution is 7.17. The van der Waals surface area contributed by atoms with E-state index < -0.39 is 0 Å². The number of rotatable bonds is 5. The van der Waals surface area contributed by atoms with Crippen molar-refractivity contribution in [3.8, 4) is 0 Å². The molecule has 4 heteroatoms. The normalized spacial score (nSPS) is 16.7. The Balaban J connectivity index is 2.05. The SMILES string of the molecule is CC(O)CC(C)NC(C)c1cnc2ccsc2c1. The Morgan fingerprint density at radius 2 is 2.17 bits per heavy atom. The first kappa shape index (κ1) is 13.5. The van der Waals surface area contributed by atoms with E-state index in [-0.39, 0.29) is 12.1 Å². The summed E-state index contributed by atoms with van der Waals surface area (Å²) in [7, 11) is 0. The molecule has 2 aromatic heterocycles. The Morgan fingerprint density at radius 3 is 2.89 bits per heavy atom. The van der Waals surface area contributed by atoms with Crippen molar-refractivity contribution in [3.05, 3.63) is 29.3 Å². The monoisotopic (exact) mass is 264 g/mol. The van der Waals surface area contributed by atoms with Gasteiger partial charge in [-0.3, -0.25) is 4.98 Å². The summed E-state index contributed by atoms with van der Waals surface area (Å²) in [5.74, 6) is 0. The minimum atomic E-state index is -0.266. The van der Waals surface area contributed by atoms with Crippen LogP contribution in [0.1, 0.15) is 38.8 Å². The molecule has 0 aliphatic rings. The lowest BCUT2D eigenvalue weighted by molar-refractivity contribution is 0.168. The minimum Gasteiger partial charge on any atom is -0.393 e. The highest BCUT2D eigenvalue weighted by atomic mass is 32.1. The van der Waals surface area contributed by atoms with Crippen LogP contribution in [0.4, 0.5) is 0 Å². The summed E-state index contributed by atoms with van der Waals surface area (Å²) in [5, 5.41) is 14.9. The summed E-state index contributed by atoms with van der Waals surface area (Å²) in [6.45, 7) is 6.05. The molecular formula is C14H20N2OS. The molecule has 2 aromatic rings. The second kappa shape index (κ2) is 5.78. The van der Waals surface area contributed by atoms with Crippen molar-refractivity contribution < 1.29 is 5.11 Å². The van der Waals surface area contributed by atoms with Gasteiger partial charge in [-0.05, 0) is 50.3 Å². The Hall–Kier alpha value is -0.970. The molecule has 0 aliphatic heterocycles. The Bertz CT molecular complexity index is 509. The van der Waals surface area contributed by atoms with Crippen molar-refractivity contribution in [2.45, 2.75) is 45.4 Å². The Morgan fingerprint density at radius 1 is 1.39 bits per heavy atom. The molecule has 2 heterocycles. The quantitative estimate of drug-likeness (QED) is 0.872. The molecule has 3 unspecified atom stereocenters. The highest BCUT2D eigenvalue weighted by Gasteiger charge is 2.12. The summed E-state index contributed by atoms with van der Waals surface area (Å²) >= 11 is 1.72. The van der Waals surface area contributed by atoms with Crippen LogP contribution in [-0.4, -0.2) is 22.2 Å². The van der Waals surface area contributed by atoms with Crippen molar-refractivity contribution in [1.29, 1.82) is 0 Å². The lowest BCUT2D eigenvalue weighted by Gasteiger charge is -2.21. The summed E-state index contributed by atoms with van der Waals surface area (Å²) in [6.07, 6.45) is 2.43. The Kier molecular flexibility index (Phi) is 4.32. The largest absolute Gasteiger partial charge is 0.393 e. The summed E-state index contributed by atoms with van der Waals surface area (Å²) in [4.78, 5) is 4.45. The lowest BCUT2D eigenvalue weighted by Crippen LogP contribution is -2.31. The highest BCUT2D eigenvalue weighted by Crippen LogP contribution is 2.23. The van der Waals surface area contributed by atoms with Crippen molar-refractivity contribution in [2.75, 3.05) is 0 Å². The zero-order valence-corrected chi connectivity index (χ0v) is 11.9. The van der Waals surface area contributed by atoms with Crippen LogP contribution in [-0.2, 0) is 0 Å². The molecule has 0 saturated heterocycles. The lowest BCUT2D eigenvalue weighted by atomic mass is 10.1. The summed E-state index contributed by atoms with van der Waals surface area (Å²) < 4.78 is 1.23. The summed E-state index contributed by atoms with van der Waals surface area (Å²) in [6, 6.07) is 4.77. The second-order valence-corrected chi connectivity index (χ2v) is 5.89. The van der Waals surface area contributed by atoms with E-state index in [4.69, 9.17) is 0 Å². The predicted octanol–water partition coefficient (Wildman–Crippen LogP) is 3.11. The van der Waals surface area contributed by atoms with E-state index in [0.29, 0.717) is 6.04 Å². The maximum Gasteiger partial charge on any atom is 0.0809 e. The molecule has 18 heavy (non-hydrogen) atoms. The van der Waals surface area contributed by atoms with Crippen molar-refractivity contribution in [1.82, 2.24) is 10.3 Å². The van der Waals surface area contributed by atoms with Crippen molar-refractivity contribution in [2.24, 2.45) is 0 Å². The van der Waals surface area contributed by atoms with E-state index >= 15 is 0 Å². The number of thiophene rings is 1. The molecule has 0 saturated carbocycles. The van der Waals surface area contributed by atoms with E-state index in [1.54, 1.807) is 11.3 Å². The van der Waals surface area contributed by atoms with Crippen LogP contribution in [0.25, 0.3) is 10.2 Å². The zero-order chi connectivity index (χ0) is 13.1. The van der Waals surface area contributed by atoms with Crippen LogP contribution in [0.15, 0.2) is 23.7 Å². The van der Waals surface area contributed by atoms with Gasteiger partial charge >= 0.3 is 0 Å². The molecule has 2 rings (SSSR count). The van der Waals surface area contributed by atoms with Gasteiger partial charge < -0.3 is 10.4 Å². The van der Waals surface area contributed by atoms with Gasteiger partial charge in [-0.1, -0.05) is 0 Å². The van der Waals surface area contributed by atoms with E-state index in [1.165, 1.54) is 10.3 Å². The molecule has 3 nitrogen and oxygen atoms in total. The zero-order valence-electron chi connectivity index (χ0n) is 11.1. The molecule has 3 atom stereocenters. The minimum absolute atomic E-state index is 0.248. The van der Waals surface area contributed by atoms with Gasteiger partial charge in [0.05, 0.1) is 16.3 Å². The molecule has 2 N–H and O–H groups in total. The van der Waals surface area contributed by atoms with Gasteiger partial charge in [-0.15, -0.1) is 11.3 Å². The number of nitrogens with zero attached hydrogens (tertiary/aromatic N) is 1. The molecule has 0 radical (unpaired) electrons. The third kappa shape index (κ3) is 3.28. The standard InChI is InChI=1S/C14H20N2OS/c1-9(6-10(2)17)16-11(3)12-7-14-13(15-8-12)4-5-18-14/h4-5,7-11,16-17H,6H2,1-3H3. The summed E-state index contributed by atoms with van der Waals surface area (Å²) in [5.41, 5.74) is 2.26. The van der Waals surface area contributed by atoms with E-state index in [0.717, 1.165) is 11.9 Å². The van der Waals surface area contributed by atoms with E-state index in [2.05, 4.69) is 35.6 Å². The number of fused-ring (bicyclic) bond motifs is 1. The molecule has 0 amide bonds. The maximum absolute atomic E-state index is 9.37. The van der Waals surface area contributed by atoms with Gasteiger partial charge in [0.15, 0.2) is 0 Å². The molecule has 0 aliphatic carbocycles. The third-order valence-electron chi connectivity index (χ3n) is 3.05. The fraction of sp³-hybridized carbons (Fsp3) is 0.500. The molecule has 0 aromatic carbocycles. The number of hydrogen-bond donors (Lipinski definition) is 2. The first-order valence-electron chi connectivity index (χ1n) is 6.33. The van der Waals surface area contributed by atoms with Crippen LogP contribution in [0.5, 0.6) is 0 Å². The van der Waals surface area contributed by atoms with Crippen LogP contribution >= 0.6 is 11.3 Å². The maximum atomic E-state index is 9.37. The molecule has 0 spiro atoms. The average Bonchev–Trinajstić information content (AvgIpc) is 2.74. The van der Waals surface area contributed by atoms with Crippen LogP contribution in [0.3, 0.4) is 0 Å². The molecular weight excluding hydrogens is 244 g/mol. The average molecular weight is 264 g/mol. The number of aliphatic hydroxyl groups is 1.